The van der Waals surface area contributed by atoms with Gasteiger partial charge in [-0.2, -0.15) is 0 Å². The zero-order chi connectivity index (χ0) is 11.3. The predicted octanol–water partition coefficient (Wildman–Crippen LogP) is 3.61. The van der Waals surface area contributed by atoms with E-state index in [9.17, 15) is 4.79 Å². The van der Waals surface area contributed by atoms with Gasteiger partial charge in [-0.25, -0.2) is 0 Å². The van der Waals surface area contributed by atoms with Gasteiger partial charge in [0, 0.05) is 23.0 Å². The summed E-state index contributed by atoms with van der Waals surface area (Å²) in [7, 11) is 0. The number of aryl methyl sites for hydroxylation is 1. The summed E-state index contributed by atoms with van der Waals surface area (Å²) in [6, 6.07) is 5.42. The minimum Gasteiger partial charge on any atom is -0.326 e. The van der Waals surface area contributed by atoms with E-state index in [0.717, 1.165) is 11.3 Å². The second-order valence-corrected chi connectivity index (χ2v) is 4.11. The zero-order valence-corrected chi connectivity index (χ0v) is 10.0. The molecule has 0 saturated heterocycles. The van der Waals surface area contributed by atoms with Gasteiger partial charge in [-0.1, -0.05) is 17.7 Å². The van der Waals surface area contributed by atoms with Crippen LogP contribution in [0.2, 0.25) is 5.02 Å². The number of benzene rings is 1. The fourth-order valence-electron chi connectivity index (χ4n) is 1.17. The Morgan fingerprint density at radius 3 is 2.87 bits per heavy atom. The molecular weight excluding hydrogens is 233 g/mol. The van der Waals surface area contributed by atoms with Gasteiger partial charge >= 0.3 is 0 Å². The first kappa shape index (κ1) is 12.3. The van der Waals surface area contributed by atoms with Gasteiger partial charge in [0.2, 0.25) is 5.91 Å². The van der Waals surface area contributed by atoms with Gasteiger partial charge in [-0.15, -0.1) is 11.6 Å². The van der Waals surface area contributed by atoms with Crippen LogP contribution in [0.15, 0.2) is 18.2 Å². The van der Waals surface area contributed by atoms with Crippen molar-refractivity contribution in [3.05, 3.63) is 28.8 Å². The Hall–Kier alpha value is -0.730. The van der Waals surface area contributed by atoms with E-state index < -0.39 is 0 Å². The number of rotatable bonds is 4. The summed E-state index contributed by atoms with van der Waals surface area (Å²) in [6.07, 6.45) is 1.13. The summed E-state index contributed by atoms with van der Waals surface area (Å²) in [6.45, 7) is 1.92. The molecule has 1 aromatic carbocycles. The van der Waals surface area contributed by atoms with Gasteiger partial charge < -0.3 is 5.32 Å². The van der Waals surface area contributed by atoms with Gasteiger partial charge in [0.05, 0.1) is 0 Å². The van der Waals surface area contributed by atoms with Crippen molar-refractivity contribution in [2.75, 3.05) is 11.2 Å². The average molecular weight is 246 g/mol. The van der Waals surface area contributed by atoms with E-state index in [4.69, 9.17) is 23.2 Å². The maximum Gasteiger partial charge on any atom is 0.224 e. The van der Waals surface area contributed by atoms with Crippen LogP contribution in [0.4, 0.5) is 5.69 Å². The van der Waals surface area contributed by atoms with Crippen LogP contribution in [0.25, 0.3) is 0 Å². The molecule has 0 heterocycles. The quantitative estimate of drug-likeness (QED) is 0.808. The third-order valence-electron chi connectivity index (χ3n) is 2.01. The highest BCUT2D eigenvalue weighted by Crippen LogP contribution is 2.20. The van der Waals surface area contributed by atoms with Crippen LogP contribution in [0.1, 0.15) is 18.4 Å². The van der Waals surface area contributed by atoms with Crippen molar-refractivity contribution in [2.45, 2.75) is 19.8 Å². The minimum atomic E-state index is -0.0268. The number of alkyl halides is 1. The first-order valence-electron chi connectivity index (χ1n) is 4.75. The maximum atomic E-state index is 11.4. The number of hydrogen-bond donors (Lipinski definition) is 1. The van der Waals surface area contributed by atoms with Crippen molar-refractivity contribution in [1.82, 2.24) is 0 Å². The fraction of sp³-hybridized carbons (Fsp3) is 0.364. The van der Waals surface area contributed by atoms with Crippen LogP contribution in [0, 0.1) is 6.92 Å². The summed E-state index contributed by atoms with van der Waals surface area (Å²) in [5, 5.41) is 3.42. The fourth-order valence-corrected chi connectivity index (χ4v) is 1.47. The van der Waals surface area contributed by atoms with E-state index in [1.165, 1.54) is 0 Å². The lowest BCUT2D eigenvalue weighted by molar-refractivity contribution is -0.116. The monoisotopic (exact) mass is 245 g/mol. The molecular formula is C11H13Cl2NO. The molecule has 1 rings (SSSR count). The molecule has 0 radical (unpaired) electrons. The molecule has 0 aromatic heterocycles. The predicted molar refractivity (Wildman–Crippen MR) is 64.8 cm³/mol. The summed E-state index contributed by atoms with van der Waals surface area (Å²) in [4.78, 5) is 11.4. The number of nitrogens with one attached hydrogen (secondary N) is 1. The molecule has 0 aliphatic heterocycles. The minimum absolute atomic E-state index is 0.0268. The van der Waals surface area contributed by atoms with Gasteiger partial charge in [-0.05, 0) is 31.0 Å². The van der Waals surface area contributed by atoms with E-state index in [-0.39, 0.29) is 5.91 Å². The first-order valence-corrected chi connectivity index (χ1v) is 5.66. The van der Waals surface area contributed by atoms with Crippen molar-refractivity contribution in [3.63, 3.8) is 0 Å². The molecule has 2 nitrogen and oxygen atoms in total. The SMILES string of the molecule is Cc1ccc(Cl)cc1NC(=O)CCCCl. The van der Waals surface area contributed by atoms with E-state index in [0.29, 0.717) is 23.7 Å². The Balaban J connectivity index is 2.63. The lowest BCUT2D eigenvalue weighted by Crippen LogP contribution is -2.12. The molecule has 1 N–H and O–H groups in total. The van der Waals surface area contributed by atoms with Crippen LogP contribution in [-0.2, 0) is 4.79 Å². The molecule has 0 fully saturated rings. The zero-order valence-electron chi connectivity index (χ0n) is 8.52. The van der Waals surface area contributed by atoms with Crippen LogP contribution < -0.4 is 5.32 Å². The maximum absolute atomic E-state index is 11.4. The van der Waals surface area contributed by atoms with Crippen molar-refractivity contribution in [2.24, 2.45) is 0 Å². The number of carbonyl (C=O) groups excluding carboxylic acids is 1. The Bertz CT molecular complexity index is 352. The highest BCUT2D eigenvalue weighted by molar-refractivity contribution is 6.31. The number of hydrogen-bond acceptors (Lipinski definition) is 1. The van der Waals surface area contributed by atoms with Gasteiger partial charge in [-0.3, -0.25) is 4.79 Å². The van der Waals surface area contributed by atoms with Crippen LogP contribution in [0.3, 0.4) is 0 Å². The average Bonchev–Trinajstić information content (AvgIpc) is 2.20. The molecule has 0 spiro atoms. The van der Waals surface area contributed by atoms with Crippen LogP contribution in [0.5, 0.6) is 0 Å². The molecule has 0 aliphatic rings. The Kier molecular flexibility index (Phi) is 4.92. The molecule has 4 heteroatoms. The third kappa shape index (κ3) is 4.10. The number of amides is 1. The van der Waals surface area contributed by atoms with Gasteiger partial charge in [0.25, 0.3) is 0 Å². The Morgan fingerprint density at radius 2 is 2.20 bits per heavy atom. The summed E-state index contributed by atoms with van der Waals surface area (Å²) in [5.74, 6) is 0.475. The summed E-state index contributed by atoms with van der Waals surface area (Å²) < 4.78 is 0. The highest BCUT2D eigenvalue weighted by atomic mass is 35.5. The van der Waals surface area contributed by atoms with E-state index in [1.54, 1.807) is 12.1 Å². The normalized spacial score (nSPS) is 10.1. The van der Waals surface area contributed by atoms with Gasteiger partial charge in [0.1, 0.15) is 0 Å². The molecule has 0 saturated carbocycles. The van der Waals surface area contributed by atoms with E-state index in [2.05, 4.69) is 5.32 Å². The lowest BCUT2D eigenvalue weighted by atomic mass is 10.2. The molecule has 1 aromatic rings. The third-order valence-corrected chi connectivity index (χ3v) is 2.51. The van der Waals surface area contributed by atoms with E-state index >= 15 is 0 Å². The second kappa shape index (κ2) is 5.99. The topological polar surface area (TPSA) is 29.1 Å². The van der Waals surface area contributed by atoms with Crippen molar-refractivity contribution < 1.29 is 4.79 Å². The van der Waals surface area contributed by atoms with Gasteiger partial charge in [0.15, 0.2) is 0 Å². The molecule has 0 aliphatic carbocycles. The Labute approximate surface area is 99.6 Å². The molecule has 1 amide bonds. The number of anilines is 1. The molecule has 15 heavy (non-hydrogen) atoms. The molecule has 0 unspecified atom stereocenters. The van der Waals surface area contributed by atoms with Crippen molar-refractivity contribution in [3.8, 4) is 0 Å². The lowest BCUT2D eigenvalue weighted by Gasteiger charge is -2.08. The largest absolute Gasteiger partial charge is 0.326 e. The first-order chi connectivity index (χ1) is 7.13. The van der Waals surface area contributed by atoms with Crippen LogP contribution >= 0.6 is 23.2 Å². The standard InChI is InChI=1S/C11H13Cl2NO/c1-8-4-5-9(13)7-10(8)14-11(15)3-2-6-12/h4-5,7H,2-3,6H2,1H3,(H,14,15). The second-order valence-electron chi connectivity index (χ2n) is 3.30. The van der Waals surface area contributed by atoms with Crippen molar-refractivity contribution >= 4 is 34.8 Å². The van der Waals surface area contributed by atoms with Crippen LogP contribution in [-0.4, -0.2) is 11.8 Å². The highest BCUT2D eigenvalue weighted by Gasteiger charge is 2.04. The smallest absolute Gasteiger partial charge is 0.224 e. The molecule has 82 valence electrons. The molecule has 0 atom stereocenters. The Morgan fingerprint density at radius 1 is 1.47 bits per heavy atom. The summed E-state index contributed by atoms with van der Waals surface area (Å²) in [5.41, 5.74) is 1.76. The molecule has 0 bridgehead atoms. The number of carbonyl (C=O) groups is 1. The van der Waals surface area contributed by atoms with Crippen molar-refractivity contribution in [1.29, 1.82) is 0 Å². The number of halogens is 2. The summed E-state index contributed by atoms with van der Waals surface area (Å²) >= 11 is 11.3. The van der Waals surface area contributed by atoms with E-state index in [1.807, 2.05) is 13.0 Å².